The van der Waals surface area contributed by atoms with E-state index in [1.54, 1.807) is 18.7 Å². The van der Waals surface area contributed by atoms with Crippen molar-refractivity contribution >= 4 is 11.9 Å². The van der Waals surface area contributed by atoms with Crippen LogP contribution in [0.2, 0.25) is 0 Å². The van der Waals surface area contributed by atoms with Gasteiger partial charge < -0.3 is 14.8 Å². The average Bonchev–Trinajstić information content (AvgIpc) is 3.19. The predicted molar refractivity (Wildman–Crippen MR) is 108 cm³/mol. The molecule has 0 radical (unpaired) electrons. The summed E-state index contributed by atoms with van der Waals surface area (Å²) in [4.78, 5) is 27.5. The van der Waals surface area contributed by atoms with Crippen LogP contribution in [-0.4, -0.2) is 45.1 Å². The first kappa shape index (κ1) is 18.2. The van der Waals surface area contributed by atoms with Crippen molar-refractivity contribution in [1.29, 1.82) is 0 Å². The number of carbonyl (C=O) groups excluding carboxylic acids is 1. The van der Waals surface area contributed by atoms with Crippen molar-refractivity contribution in [3.63, 3.8) is 0 Å². The number of nitrogens with one attached hydrogen (secondary N) is 1. The molecular weight excluding hydrogens is 352 g/mol. The van der Waals surface area contributed by atoms with Gasteiger partial charge in [-0.15, -0.1) is 0 Å². The van der Waals surface area contributed by atoms with Crippen molar-refractivity contribution in [2.75, 3.05) is 24.5 Å². The van der Waals surface area contributed by atoms with E-state index in [0.717, 1.165) is 43.1 Å². The molecule has 2 aromatic heterocycles. The first-order valence-corrected chi connectivity index (χ1v) is 9.57. The maximum atomic E-state index is 12.5. The van der Waals surface area contributed by atoms with Crippen LogP contribution in [0.25, 0.3) is 11.3 Å². The Labute approximate surface area is 164 Å². The summed E-state index contributed by atoms with van der Waals surface area (Å²) in [6.07, 6.45) is 9.30. The summed E-state index contributed by atoms with van der Waals surface area (Å²) in [6.45, 7) is 2.49. The number of piperidine rings is 1. The molecule has 3 heterocycles. The number of imidazole rings is 1. The summed E-state index contributed by atoms with van der Waals surface area (Å²) in [5.74, 6) is 1.13. The molecule has 7 nitrogen and oxygen atoms in total. The number of anilines is 1. The second-order valence-corrected chi connectivity index (χ2v) is 7.18. The van der Waals surface area contributed by atoms with Crippen molar-refractivity contribution in [2.24, 2.45) is 13.0 Å². The average molecular weight is 376 g/mol. The number of nitrogens with zero attached hydrogens (tertiary/aromatic N) is 5. The van der Waals surface area contributed by atoms with Crippen LogP contribution in [0.15, 0.2) is 55.2 Å². The second-order valence-electron chi connectivity index (χ2n) is 7.18. The molecule has 1 aliphatic heterocycles. The summed E-state index contributed by atoms with van der Waals surface area (Å²) in [7, 11) is 1.96. The highest BCUT2D eigenvalue weighted by Gasteiger charge is 2.22. The van der Waals surface area contributed by atoms with Gasteiger partial charge >= 0.3 is 0 Å². The van der Waals surface area contributed by atoms with Gasteiger partial charge in [0.05, 0.1) is 18.2 Å². The van der Waals surface area contributed by atoms with Crippen LogP contribution in [0.5, 0.6) is 0 Å². The largest absolute Gasteiger partial charge is 0.352 e. The van der Waals surface area contributed by atoms with Gasteiger partial charge in [0, 0.05) is 44.6 Å². The van der Waals surface area contributed by atoms with Gasteiger partial charge in [0.25, 0.3) is 5.91 Å². The van der Waals surface area contributed by atoms with Crippen LogP contribution in [0.3, 0.4) is 0 Å². The minimum Gasteiger partial charge on any atom is -0.352 e. The first-order chi connectivity index (χ1) is 13.7. The fourth-order valence-electron chi connectivity index (χ4n) is 3.63. The van der Waals surface area contributed by atoms with E-state index in [1.165, 1.54) is 0 Å². The monoisotopic (exact) mass is 376 g/mol. The Hall–Kier alpha value is -3.22. The highest BCUT2D eigenvalue weighted by molar-refractivity contribution is 5.94. The van der Waals surface area contributed by atoms with Crippen molar-refractivity contribution in [3.05, 3.63) is 60.8 Å². The van der Waals surface area contributed by atoms with Gasteiger partial charge in [0.1, 0.15) is 0 Å². The quantitative estimate of drug-likeness (QED) is 0.741. The van der Waals surface area contributed by atoms with E-state index in [-0.39, 0.29) is 5.91 Å². The molecule has 3 aromatic rings. The normalized spacial score (nSPS) is 16.8. The molecule has 1 aliphatic rings. The molecule has 1 fully saturated rings. The highest BCUT2D eigenvalue weighted by Crippen LogP contribution is 2.20. The van der Waals surface area contributed by atoms with Crippen LogP contribution >= 0.6 is 0 Å². The molecule has 0 bridgehead atoms. The van der Waals surface area contributed by atoms with Gasteiger partial charge in [-0.1, -0.05) is 12.1 Å². The number of benzene rings is 1. The fourth-order valence-corrected chi connectivity index (χ4v) is 3.63. The van der Waals surface area contributed by atoms with E-state index in [4.69, 9.17) is 0 Å². The zero-order chi connectivity index (χ0) is 19.3. The molecule has 1 amide bonds. The number of hydrogen-bond donors (Lipinski definition) is 1. The van der Waals surface area contributed by atoms with E-state index < -0.39 is 0 Å². The summed E-state index contributed by atoms with van der Waals surface area (Å²) in [5, 5.41) is 3.08. The molecular formula is C21H24N6O. The predicted octanol–water partition coefficient (Wildman–Crippen LogP) is 2.52. The molecule has 1 N–H and O–H groups in total. The second kappa shape index (κ2) is 8.21. The SMILES string of the molecule is Cn1cncc1-c1ccc(C(=O)NC[C@@H]2CCCN(c3ncccn3)C2)cc1. The Bertz CT molecular complexity index is 922. The van der Waals surface area contributed by atoms with Gasteiger partial charge in [-0.3, -0.25) is 4.79 Å². The third-order valence-corrected chi connectivity index (χ3v) is 5.16. The van der Waals surface area contributed by atoms with E-state index in [2.05, 4.69) is 25.2 Å². The molecule has 1 aromatic carbocycles. The molecule has 1 atom stereocenters. The van der Waals surface area contributed by atoms with Crippen molar-refractivity contribution < 1.29 is 4.79 Å². The lowest BCUT2D eigenvalue weighted by Gasteiger charge is -2.32. The maximum absolute atomic E-state index is 12.5. The third-order valence-electron chi connectivity index (χ3n) is 5.16. The topological polar surface area (TPSA) is 75.9 Å². The van der Waals surface area contributed by atoms with E-state index in [0.29, 0.717) is 18.0 Å². The van der Waals surface area contributed by atoms with Gasteiger partial charge in [-0.05, 0) is 42.5 Å². The van der Waals surface area contributed by atoms with Crippen LogP contribution in [0.4, 0.5) is 5.95 Å². The minimum atomic E-state index is -0.0374. The molecule has 28 heavy (non-hydrogen) atoms. The smallest absolute Gasteiger partial charge is 0.251 e. The van der Waals surface area contributed by atoms with E-state index >= 15 is 0 Å². The van der Waals surface area contributed by atoms with Gasteiger partial charge in [0.15, 0.2) is 0 Å². The van der Waals surface area contributed by atoms with Gasteiger partial charge in [0.2, 0.25) is 5.95 Å². The molecule has 0 unspecified atom stereocenters. The number of aromatic nitrogens is 4. The Balaban J connectivity index is 1.33. The lowest BCUT2D eigenvalue weighted by molar-refractivity contribution is 0.0945. The molecule has 0 spiro atoms. The van der Waals surface area contributed by atoms with Crippen LogP contribution in [-0.2, 0) is 7.05 Å². The molecule has 1 saturated heterocycles. The number of amides is 1. The van der Waals surface area contributed by atoms with Crippen molar-refractivity contribution in [1.82, 2.24) is 24.8 Å². The Morgan fingerprint density at radius 2 is 2.00 bits per heavy atom. The van der Waals surface area contributed by atoms with Gasteiger partial charge in [-0.2, -0.15) is 0 Å². The summed E-state index contributed by atoms with van der Waals surface area (Å²) < 4.78 is 1.96. The molecule has 4 rings (SSSR count). The van der Waals surface area contributed by atoms with Gasteiger partial charge in [-0.25, -0.2) is 15.0 Å². The Kier molecular flexibility index (Phi) is 5.32. The molecule has 144 valence electrons. The lowest BCUT2D eigenvalue weighted by Crippen LogP contribution is -2.41. The number of aryl methyl sites for hydroxylation is 1. The van der Waals surface area contributed by atoms with Crippen LogP contribution < -0.4 is 10.2 Å². The zero-order valence-corrected chi connectivity index (χ0v) is 16.0. The minimum absolute atomic E-state index is 0.0374. The maximum Gasteiger partial charge on any atom is 0.251 e. The lowest BCUT2D eigenvalue weighted by atomic mass is 9.98. The fraction of sp³-hybridized carbons (Fsp3) is 0.333. The van der Waals surface area contributed by atoms with E-state index in [9.17, 15) is 4.79 Å². The van der Waals surface area contributed by atoms with Crippen LogP contribution in [0.1, 0.15) is 23.2 Å². The Morgan fingerprint density at radius 1 is 1.21 bits per heavy atom. The van der Waals surface area contributed by atoms with Crippen molar-refractivity contribution in [3.8, 4) is 11.3 Å². The summed E-state index contributed by atoms with van der Waals surface area (Å²) in [5.41, 5.74) is 2.74. The standard InChI is InChI=1S/C21H24N6O/c1-26-15-22-13-19(26)17-5-7-18(8-6-17)20(28)25-12-16-4-2-11-27(14-16)21-23-9-3-10-24-21/h3,5-10,13,15-16H,2,4,11-12,14H2,1H3,(H,25,28)/t16-/m0/s1. The summed E-state index contributed by atoms with van der Waals surface area (Å²) >= 11 is 0. The molecule has 0 aliphatic carbocycles. The Morgan fingerprint density at radius 3 is 2.71 bits per heavy atom. The highest BCUT2D eigenvalue weighted by atomic mass is 16.1. The number of carbonyl (C=O) groups is 1. The number of hydrogen-bond acceptors (Lipinski definition) is 5. The number of rotatable bonds is 5. The van der Waals surface area contributed by atoms with E-state index in [1.807, 2.05) is 48.1 Å². The molecule has 0 saturated carbocycles. The first-order valence-electron chi connectivity index (χ1n) is 9.57. The van der Waals surface area contributed by atoms with Crippen molar-refractivity contribution in [2.45, 2.75) is 12.8 Å². The zero-order valence-electron chi connectivity index (χ0n) is 16.0. The molecule has 7 heteroatoms. The van der Waals surface area contributed by atoms with Crippen LogP contribution in [0, 0.1) is 5.92 Å². The summed E-state index contributed by atoms with van der Waals surface area (Å²) in [6, 6.07) is 9.47. The third kappa shape index (κ3) is 4.03.